The second-order valence-electron chi connectivity index (χ2n) is 6.89. The van der Waals surface area contributed by atoms with Crippen molar-refractivity contribution >= 4 is 23.2 Å². The summed E-state index contributed by atoms with van der Waals surface area (Å²) in [5.41, 5.74) is 2.14. The Morgan fingerprint density at radius 1 is 1.19 bits per heavy atom. The van der Waals surface area contributed by atoms with Gasteiger partial charge in [0.15, 0.2) is 11.5 Å². The fourth-order valence-corrected chi connectivity index (χ4v) is 4.75. The minimum absolute atomic E-state index is 0.0683. The molecule has 3 atom stereocenters. The van der Waals surface area contributed by atoms with Crippen LogP contribution < -0.4 is 9.47 Å². The predicted molar refractivity (Wildman–Crippen MR) is 100 cm³/mol. The number of amides is 1. The topological polar surface area (TPSA) is 76.1 Å². The molecule has 1 saturated carbocycles. The first-order chi connectivity index (χ1) is 13.0. The number of hydrogen-bond donors (Lipinski definition) is 1. The van der Waals surface area contributed by atoms with E-state index in [1.54, 1.807) is 25.6 Å². The van der Waals surface area contributed by atoms with E-state index >= 15 is 0 Å². The number of nitrogens with zero attached hydrogens (tertiary/aromatic N) is 1. The third-order valence-corrected chi connectivity index (χ3v) is 6.32. The van der Waals surface area contributed by atoms with Gasteiger partial charge in [-0.2, -0.15) is 0 Å². The minimum Gasteiger partial charge on any atom is -0.493 e. The third-order valence-electron chi connectivity index (χ3n) is 5.39. The molecule has 0 radical (unpaired) electrons. The second kappa shape index (κ2) is 6.88. The molecule has 142 valence electrons. The fourth-order valence-electron chi connectivity index (χ4n) is 3.89. The van der Waals surface area contributed by atoms with Gasteiger partial charge < -0.3 is 19.5 Å². The van der Waals surface area contributed by atoms with Crippen LogP contribution in [0.5, 0.6) is 11.5 Å². The molecule has 1 aromatic carbocycles. The average Bonchev–Trinajstić information content (AvgIpc) is 3.32. The zero-order chi connectivity index (χ0) is 19.1. The monoisotopic (exact) mass is 387 g/mol. The van der Waals surface area contributed by atoms with Gasteiger partial charge in [0, 0.05) is 11.4 Å². The van der Waals surface area contributed by atoms with Crippen molar-refractivity contribution in [3.8, 4) is 11.5 Å². The summed E-state index contributed by atoms with van der Waals surface area (Å²) >= 11 is 1.59. The van der Waals surface area contributed by atoms with Crippen LogP contribution in [0.3, 0.4) is 0 Å². The lowest BCUT2D eigenvalue weighted by Crippen LogP contribution is -2.41. The van der Waals surface area contributed by atoms with E-state index < -0.39 is 17.8 Å². The Hall–Kier alpha value is -2.54. The lowest BCUT2D eigenvalue weighted by atomic mass is 9.90. The molecule has 0 saturated heterocycles. The number of hydrogen-bond acceptors (Lipinski definition) is 5. The molecule has 1 aliphatic carbocycles. The number of carboxylic acid groups (broad SMARTS) is 1. The summed E-state index contributed by atoms with van der Waals surface area (Å²) in [6.45, 7) is 0.562. The molecule has 1 N–H and O–H groups in total. The van der Waals surface area contributed by atoms with Crippen molar-refractivity contribution in [1.82, 2.24) is 4.90 Å². The van der Waals surface area contributed by atoms with Gasteiger partial charge in [-0.15, -0.1) is 11.3 Å². The molecule has 0 bridgehead atoms. The Kier molecular flexibility index (Phi) is 4.55. The van der Waals surface area contributed by atoms with Crippen molar-refractivity contribution < 1.29 is 24.2 Å². The highest BCUT2D eigenvalue weighted by molar-refractivity contribution is 7.10. The van der Waals surface area contributed by atoms with Crippen LogP contribution in [0.15, 0.2) is 29.6 Å². The van der Waals surface area contributed by atoms with Gasteiger partial charge in [-0.05, 0) is 47.5 Å². The lowest BCUT2D eigenvalue weighted by molar-refractivity contribution is -0.142. The Bertz CT molecular complexity index is 879. The van der Waals surface area contributed by atoms with Crippen LogP contribution in [0, 0.1) is 11.8 Å². The molecule has 2 heterocycles. The van der Waals surface area contributed by atoms with Gasteiger partial charge in [0.25, 0.3) is 0 Å². The lowest BCUT2D eigenvalue weighted by Gasteiger charge is -2.37. The highest BCUT2D eigenvalue weighted by Gasteiger charge is 2.51. The molecule has 1 fully saturated rings. The zero-order valence-corrected chi connectivity index (χ0v) is 16.0. The largest absolute Gasteiger partial charge is 0.493 e. The first-order valence-electron chi connectivity index (χ1n) is 8.86. The fraction of sp³-hybridized carbons (Fsp3) is 0.400. The quantitative estimate of drug-likeness (QED) is 0.854. The Morgan fingerprint density at radius 3 is 2.52 bits per heavy atom. The molecule has 1 aromatic heterocycles. The van der Waals surface area contributed by atoms with E-state index in [0.29, 0.717) is 30.9 Å². The van der Waals surface area contributed by atoms with Gasteiger partial charge >= 0.3 is 5.97 Å². The summed E-state index contributed by atoms with van der Waals surface area (Å²) in [5.74, 6) is -0.609. The van der Waals surface area contributed by atoms with Gasteiger partial charge in [-0.1, -0.05) is 6.07 Å². The number of fused-ring (bicyclic) bond motifs is 1. The molecule has 27 heavy (non-hydrogen) atoms. The molecule has 6 nitrogen and oxygen atoms in total. The molecule has 7 heteroatoms. The summed E-state index contributed by atoms with van der Waals surface area (Å²) in [4.78, 5) is 27.2. The SMILES string of the molecule is COc1cc2c(cc1OC)[C@H](c1cccs1)N(C(=O)[C@@H]1C[C@@H]1C(=O)O)CC2. The highest BCUT2D eigenvalue weighted by Crippen LogP contribution is 2.46. The van der Waals surface area contributed by atoms with E-state index in [4.69, 9.17) is 9.47 Å². The standard InChI is InChI=1S/C20H21NO5S/c1-25-15-8-11-5-6-21(19(22)13-9-14(13)20(23)24)18(17-4-3-7-27-17)12(11)10-16(15)26-2/h3-4,7-8,10,13-14,18H,5-6,9H2,1-2H3,(H,23,24)/t13-,14+,18-/m1/s1. The van der Waals surface area contributed by atoms with E-state index in [2.05, 4.69) is 0 Å². The molecule has 2 aliphatic rings. The van der Waals surface area contributed by atoms with Crippen LogP contribution >= 0.6 is 11.3 Å². The number of methoxy groups -OCH3 is 2. The van der Waals surface area contributed by atoms with Crippen molar-refractivity contribution in [2.24, 2.45) is 11.8 Å². The first-order valence-corrected chi connectivity index (χ1v) is 9.74. The second-order valence-corrected chi connectivity index (χ2v) is 7.87. The van der Waals surface area contributed by atoms with Crippen LogP contribution in [0.2, 0.25) is 0 Å². The minimum atomic E-state index is -0.884. The van der Waals surface area contributed by atoms with Crippen molar-refractivity contribution in [3.63, 3.8) is 0 Å². The smallest absolute Gasteiger partial charge is 0.307 e. The number of benzene rings is 1. The number of carboxylic acids is 1. The molecule has 4 rings (SSSR count). The van der Waals surface area contributed by atoms with Gasteiger partial charge in [-0.25, -0.2) is 0 Å². The summed E-state index contributed by atoms with van der Waals surface area (Å²) < 4.78 is 10.9. The number of rotatable bonds is 5. The van der Waals surface area contributed by atoms with E-state index in [1.165, 1.54) is 0 Å². The van der Waals surface area contributed by atoms with Crippen LogP contribution in [-0.2, 0) is 16.0 Å². The first kappa shape index (κ1) is 17.9. The number of ether oxygens (including phenoxy) is 2. The highest BCUT2D eigenvalue weighted by atomic mass is 32.1. The molecule has 2 aromatic rings. The molecule has 1 amide bonds. The summed E-state index contributed by atoms with van der Waals surface area (Å²) in [5, 5.41) is 11.2. The normalized spacial score (nSPS) is 23.5. The molecular weight excluding hydrogens is 366 g/mol. The molecular formula is C20H21NO5S. The predicted octanol–water partition coefficient (Wildman–Crippen LogP) is 2.96. The van der Waals surface area contributed by atoms with Gasteiger partial charge in [0.1, 0.15) is 0 Å². The Morgan fingerprint density at radius 2 is 1.93 bits per heavy atom. The third kappa shape index (κ3) is 3.06. The summed E-state index contributed by atoms with van der Waals surface area (Å²) in [6.07, 6.45) is 1.13. The Balaban J connectivity index is 1.75. The Labute approximate surface area is 161 Å². The molecule has 1 aliphatic heterocycles. The number of carbonyl (C=O) groups excluding carboxylic acids is 1. The summed E-state index contributed by atoms with van der Waals surface area (Å²) in [7, 11) is 3.20. The molecule has 0 spiro atoms. The average molecular weight is 387 g/mol. The van der Waals surface area contributed by atoms with Gasteiger partial charge in [-0.3, -0.25) is 9.59 Å². The van der Waals surface area contributed by atoms with Crippen LogP contribution in [0.1, 0.15) is 28.5 Å². The van der Waals surface area contributed by atoms with Crippen molar-refractivity contribution in [1.29, 1.82) is 0 Å². The van der Waals surface area contributed by atoms with Gasteiger partial charge in [0.05, 0.1) is 32.1 Å². The maximum atomic E-state index is 13.1. The number of carbonyl (C=O) groups is 2. The molecule has 0 unspecified atom stereocenters. The van der Waals surface area contributed by atoms with Crippen molar-refractivity contribution in [2.75, 3.05) is 20.8 Å². The summed E-state index contributed by atoms with van der Waals surface area (Å²) in [6, 6.07) is 7.68. The number of thiophene rings is 1. The van der Waals surface area contributed by atoms with Crippen molar-refractivity contribution in [3.05, 3.63) is 45.6 Å². The van der Waals surface area contributed by atoms with Crippen LogP contribution in [0.25, 0.3) is 0 Å². The van der Waals surface area contributed by atoms with E-state index in [9.17, 15) is 14.7 Å². The van der Waals surface area contributed by atoms with Crippen LogP contribution in [0.4, 0.5) is 0 Å². The van der Waals surface area contributed by atoms with Gasteiger partial charge in [0.2, 0.25) is 5.91 Å². The maximum absolute atomic E-state index is 13.1. The number of aliphatic carboxylic acids is 1. The van der Waals surface area contributed by atoms with E-state index in [-0.39, 0.29) is 11.9 Å². The van der Waals surface area contributed by atoms with E-state index in [1.807, 2.05) is 34.5 Å². The maximum Gasteiger partial charge on any atom is 0.307 e. The van der Waals surface area contributed by atoms with Crippen LogP contribution in [-0.4, -0.2) is 42.6 Å². The zero-order valence-electron chi connectivity index (χ0n) is 15.2. The van der Waals surface area contributed by atoms with Crippen molar-refractivity contribution in [2.45, 2.75) is 18.9 Å². The van der Waals surface area contributed by atoms with E-state index in [0.717, 1.165) is 16.0 Å².